The van der Waals surface area contributed by atoms with E-state index in [9.17, 15) is 0 Å². The van der Waals surface area contributed by atoms with Crippen LogP contribution in [-0.4, -0.2) is 13.4 Å². The summed E-state index contributed by atoms with van der Waals surface area (Å²) >= 11 is 2.66. The predicted molar refractivity (Wildman–Crippen MR) is 229 cm³/mol. The maximum atomic E-state index is 2.66. The zero-order valence-electron chi connectivity index (χ0n) is 28.2. The second kappa shape index (κ2) is 9.21. The van der Waals surface area contributed by atoms with Crippen molar-refractivity contribution in [1.29, 1.82) is 0 Å². The van der Waals surface area contributed by atoms with Gasteiger partial charge in [0.15, 0.2) is 0 Å². The van der Waals surface area contributed by atoms with Crippen molar-refractivity contribution in [1.82, 2.24) is 0 Å². The Bertz CT molecular complexity index is 3110. The number of halogens is 1. The van der Waals surface area contributed by atoms with E-state index in [1.165, 1.54) is 135 Å². The highest BCUT2D eigenvalue weighted by Crippen LogP contribution is 2.49. The van der Waals surface area contributed by atoms with Crippen molar-refractivity contribution in [2.75, 3.05) is 0 Å². The Morgan fingerprint density at radius 1 is 0.373 bits per heavy atom. The lowest BCUT2D eigenvalue weighted by Gasteiger charge is -2.32. The number of rotatable bonds is 1. The molecule has 4 aliphatic rings. The van der Waals surface area contributed by atoms with Crippen LogP contribution in [0.3, 0.4) is 0 Å². The molecule has 0 saturated heterocycles. The van der Waals surface area contributed by atoms with Crippen molar-refractivity contribution < 1.29 is 0 Å². The van der Waals surface area contributed by atoms with Crippen molar-refractivity contribution in [2.45, 2.75) is 13.8 Å². The van der Waals surface area contributed by atoms with E-state index in [-0.39, 0.29) is 13.4 Å². The van der Waals surface area contributed by atoms with Crippen LogP contribution in [0.25, 0.3) is 88.0 Å². The second-order valence-electron chi connectivity index (χ2n) is 15.4. The zero-order valence-corrected chi connectivity index (χ0v) is 30.3. The molecule has 9 aromatic rings. The van der Waals surface area contributed by atoms with Crippen molar-refractivity contribution in [3.8, 4) is 55.6 Å². The largest absolute Gasteiger partial charge is 0.244 e. The normalized spacial score (nSPS) is 13.7. The van der Waals surface area contributed by atoms with Gasteiger partial charge in [0, 0.05) is 3.57 Å². The van der Waals surface area contributed by atoms with Crippen molar-refractivity contribution in [3.05, 3.63) is 142 Å². The van der Waals surface area contributed by atoms with Crippen LogP contribution in [-0.2, 0) is 0 Å². The Hall–Kier alpha value is -5.12. The summed E-state index contributed by atoms with van der Waals surface area (Å²) in [5.41, 5.74) is 25.3. The van der Waals surface area contributed by atoms with Gasteiger partial charge < -0.3 is 0 Å². The molecule has 4 heterocycles. The third-order valence-corrected chi connectivity index (χ3v) is 13.6. The summed E-state index contributed by atoms with van der Waals surface area (Å²) in [4.78, 5) is 0. The zero-order chi connectivity index (χ0) is 33.4. The maximum Gasteiger partial charge on any atom is 0.244 e. The molecule has 0 radical (unpaired) electrons. The molecule has 0 bridgehead atoms. The molecule has 0 aromatic heterocycles. The molecule has 0 N–H and O–H groups in total. The molecule has 3 heteroatoms. The SMILES string of the molecule is Cc1cc2c3c(c1)-c1cc(I)c4cc5c6c(cc(-c7ccccc7)c7cc(c1c4c76)B3c1ccccc1-2)-c1cc(C)cc2c1B5c1ccccc1-2. The van der Waals surface area contributed by atoms with E-state index in [1.807, 2.05) is 0 Å². The fraction of sp³-hybridized carbons (Fsp3) is 0.0417. The number of fused-ring (bicyclic) bond motifs is 10. The van der Waals surface area contributed by atoms with Gasteiger partial charge in [-0.1, -0.05) is 148 Å². The van der Waals surface area contributed by atoms with Crippen LogP contribution in [0.4, 0.5) is 0 Å². The van der Waals surface area contributed by atoms with Crippen molar-refractivity contribution in [3.63, 3.8) is 0 Å². The summed E-state index contributed by atoms with van der Waals surface area (Å²) < 4.78 is 1.34. The van der Waals surface area contributed by atoms with E-state index in [4.69, 9.17) is 0 Å². The minimum Gasteiger partial charge on any atom is -0.0664 e. The maximum absolute atomic E-state index is 2.66. The van der Waals surface area contributed by atoms with Gasteiger partial charge in [-0.3, -0.25) is 0 Å². The molecular formula is C48H27B2I. The lowest BCUT2D eigenvalue weighted by Crippen LogP contribution is -2.53. The predicted octanol–water partition coefficient (Wildman–Crippen LogP) is 8.43. The minimum absolute atomic E-state index is 0.217. The Morgan fingerprint density at radius 2 is 0.843 bits per heavy atom. The first-order valence-corrected chi connectivity index (χ1v) is 19.2. The second-order valence-corrected chi connectivity index (χ2v) is 16.5. The van der Waals surface area contributed by atoms with Gasteiger partial charge in [0.25, 0.3) is 0 Å². The van der Waals surface area contributed by atoms with Gasteiger partial charge in [-0.15, -0.1) is 0 Å². The first-order chi connectivity index (χ1) is 25.0. The fourth-order valence-electron chi connectivity index (χ4n) is 11.0. The fourth-order valence-corrected chi connectivity index (χ4v) is 11.8. The van der Waals surface area contributed by atoms with Gasteiger partial charge in [0.1, 0.15) is 0 Å². The molecule has 4 aliphatic heterocycles. The van der Waals surface area contributed by atoms with Crippen LogP contribution < -0.4 is 32.8 Å². The molecule has 232 valence electrons. The molecule has 0 nitrogen and oxygen atoms in total. The van der Waals surface area contributed by atoms with Crippen molar-refractivity contribution >= 4 is 101 Å². The number of aryl methyl sites for hydroxylation is 2. The van der Waals surface area contributed by atoms with Gasteiger partial charge >= 0.3 is 0 Å². The smallest absolute Gasteiger partial charge is 0.0664 e. The first kappa shape index (κ1) is 27.6. The first-order valence-electron chi connectivity index (χ1n) is 18.1. The highest BCUT2D eigenvalue weighted by atomic mass is 127. The Kier molecular flexibility index (Phi) is 4.98. The average molecular weight is 752 g/mol. The summed E-state index contributed by atoms with van der Waals surface area (Å²) in [6.45, 7) is 4.99. The standard InChI is InChI=1S/C48H27B2I/c1-24-16-33-27-12-7-9-15-39(27)50-41-22-37-42(51)23-32-36-19-25(2)17-34-28-13-6-8-14-38(28)49(48(34)36)40-21-31-29(26-10-4-3-5-11-26)20-30(35(18-24)47(33)50)43(41)45(31)46(37)44(32)40/h3-23H,1-2H3. The highest BCUT2D eigenvalue weighted by molar-refractivity contribution is 14.1. The van der Waals surface area contributed by atoms with Gasteiger partial charge in [-0.05, 0) is 148 Å². The Labute approximate surface area is 310 Å². The van der Waals surface area contributed by atoms with Crippen LogP contribution >= 0.6 is 22.6 Å². The van der Waals surface area contributed by atoms with Crippen LogP contribution in [0.15, 0.2) is 127 Å². The third kappa shape index (κ3) is 3.19. The van der Waals surface area contributed by atoms with E-state index in [1.54, 1.807) is 0 Å². The molecule has 0 amide bonds. The molecule has 0 aliphatic carbocycles. The summed E-state index contributed by atoms with van der Waals surface area (Å²) in [5.74, 6) is 0. The molecule has 0 spiro atoms. The molecule has 0 fully saturated rings. The van der Waals surface area contributed by atoms with E-state index in [0.29, 0.717) is 0 Å². The van der Waals surface area contributed by atoms with E-state index < -0.39 is 0 Å². The van der Waals surface area contributed by atoms with Crippen LogP contribution in [0.5, 0.6) is 0 Å². The molecule has 0 unspecified atom stereocenters. The number of benzene rings is 9. The van der Waals surface area contributed by atoms with Crippen LogP contribution in [0.1, 0.15) is 11.1 Å². The van der Waals surface area contributed by atoms with E-state index in [2.05, 4.69) is 164 Å². The van der Waals surface area contributed by atoms with E-state index >= 15 is 0 Å². The molecule has 13 rings (SSSR count). The van der Waals surface area contributed by atoms with Crippen molar-refractivity contribution in [2.24, 2.45) is 0 Å². The Morgan fingerprint density at radius 3 is 1.43 bits per heavy atom. The molecule has 0 saturated carbocycles. The summed E-state index contributed by atoms with van der Waals surface area (Å²) in [7, 11) is 0. The average Bonchev–Trinajstić information content (AvgIpc) is 3.66. The topological polar surface area (TPSA) is 0 Å². The van der Waals surface area contributed by atoms with Gasteiger partial charge in [0.2, 0.25) is 13.4 Å². The summed E-state index contributed by atoms with van der Waals surface area (Å²) in [6.07, 6.45) is 0. The lowest BCUT2D eigenvalue weighted by molar-refractivity contribution is 1.48. The van der Waals surface area contributed by atoms with Crippen LogP contribution in [0, 0.1) is 17.4 Å². The summed E-state index contributed by atoms with van der Waals surface area (Å²) in [6, 6.07) is 49.6. The Balaban J connectivity index is 1.29. The summed E-state index contributed by atoms with van der Waals surface area (Å²) in [5, 5.41) is 8.56. The number of hydrogen-bond donors (Lipinski definition) is 0. The van der Waals surface area contributed by atoms with Gasteiger partial charge in [-0.25, -0.2) is 0 Å². The van der Waals surface area contributed by atoms with Crippen LogP contribution in [0.2, 0.25) is 0 Å². The quantitative estimate of drug-likeness (QED) is 0.0898. The number of hydrogen-bond acceptors (Lipinski definition) is 0. The molecule has 51 heavy (non-hydrogen) atoms. The van der Waals surface area contributed by atoms with Gasteiger partial charge in [-0.2, -0.15) is 0 Å². The molecular weight excluding hydrogens is 725 g/mol. The monoisotopic (exact) mass is 752 g/mol. The molecule has 9 aromatic carbocycles. The van der Waals surface area contributed by atoms with E-state index in [0.717, 1.165) is 0 Å². The van der Waals surface area contributed by atoms with Gasteiger partial charge in [0.05, 0.1) is 0 Å². The lowest BCUT2D eigenvalue weighted by atomic mass is 9.34. The minimum atomic E-state index is 0.217. The highest BCUT2D eigenvalue weighted by Gasteiger charge is 2.44. The molecule has 0 atom stereocenters. The third-order valence-electron chi connectivity index (χ3n) is 12.7.